The third-order valence-electron chi connectivity index (χ3n) is 5.03. The van der Waals surface area contributed by atoms with Crippen LogP contribution in [0.3, 0.4) is 0 Å². The van der Waals surface area contributed by atoms with Crippen LogP contribution in [0, 0.1) is 0 Å². The molecule has 1 fully saturated rings. The second-order valence-electron chi connectivity index (χ2n) is 7.71. The van der Waals surface area contributed by atoms with Crippen LogP contribution < -0.4 is 5.32 Å². The van der Waals surface area contributed by atoms with Crippen molar-refractivity contribution >= 4 is 33.7 Å². The van der Waals surface area contributed by atoms with Crippen LogP contribution in [0.15, 0.2) is 36.9 Å². The molecule has 0 aliphatic heterocycles. The maximum absolute atomic E-state index is 12.3. The number of aliphatic hydroxyl groups is 1. The van der Waals surface area contributed by atoms with Gasteiger partial charge in [0.25, 0.3) is 0 Å². The Balaban J connectivity index is 1.42. The molecule has 5 rings (SSSR count). The molecule has 0 aromatic carbocycles. The van der Waals surface area contributed by atoms with Gasteiger partial charge in [-0.1, -0.05) is 0 Å². The van der Waals surface area contributed by atoms with Gasteiger partial charge in [0.1, 0.15) is 40.6 Å². The normalized spacial score (nSPS) is 15.0. The van der Waals surface area contributed by atoms with Crippen molar-refractivity contribution < 1.29 is 9.32 Å². The van der Waals surface area contributed by atoms with Crippen LogP contribution in [0.25, 0.3) is 22.4 Å². The Hall–Kier alpha value is -3.18. The Morgan fingerprint density at radius 1 is 1.23 bits per heavy atom. The minimum absolute atomic E-state index is 0.135. The minimum atomic E-state index is -1.13. The quantitative estimate of drug-likeness (QED) is 0.451. The van der Waals surface area contributed by atoms with Crippen LogP contribution in [-0.2, 0) is 17.6 Å². The molecular weight excluding hydrogens is 416 g/mol. The van der Waals surface area contributed by atoms with Crippen LogP contribution in [0.4, 0.5) is 11.6 Å². The molecule has 31 heavy (non-hydrogen) atoms. The summed E-state index contributed by atoms with van der Waals surface area (Å²) in [5, 5.41) is 17.2. The molecule has 1 saturated carbocycles. The number of pyridine rings is 1. The summed E-state index contributed by atoms with van der Waals surface area (Å²) in [6, 6.07) is 3.78. The van der Waals surface area contributed by atoms with Gasteiger partial charge in [-0.25, -0.2) is 24.1 Å². The monoisotopic (exact) mass is 438 g/mol. The van der Waals surface area contributed by atoms with E-state index in [9.17, 15) is 9.32 Å². The highest BCUT2D eigenvalue weighted by atomic mass is 32.2. The summed E-state index contributed by atoms with van der Waals surface area (Å²) in [4.78, 5) is 17.7. The van der Waals surface area contributed by atoms with Crippen molar-refractivity contribution in [2.75, 3.05) is 5.32 Å². The number of anilines is 2. The second kappa shape index (κ2) is 7.82. The molecule has 0 radical (unpaired) electrons. The van der Waals surface area contributed by atoms with Gasteiger partial charge in [-0.05, 0) is 32.8 Å². The zero-order chi connectivity index (χ0) is 21.5. The number of hydrogen-bond acceptors (Lipinski definition) is 8. The highest BCUT2D eigenvalue weighted by Gasteiger charge is 2.30. The van der Waals surface area contributed by atoms with Crippen molar-refractivity contribution in [3.05, 3.63) is 42.7 Å². The molecule has 0 saturated heterocycles. The lowest BCUT2D eigenvalue weighted by molar-refractivity contribution is 0.263. The molecule has 160 valence electrons. The largest absolute Gasteiger partial charge is 0.388 e. The minimum Gasteiger partial charge on any atom is -0.388 e. The van der Waals surface area contributed by atoms with E-state index >= 15 is 0 Å². The van der Waals surface area contributed by atoms with Gasteiger partial charge in [-0.15, -0.1) is 0 Å². The van der Waals surface area contributed by atoms with Crippen molar-refractivity contribution in [3.8, 4) is 11.4 Å². The lowest BCUT2D eigenvalue weighted by Crippen LogP contribution is -2.09. The van der Waals surface area contributed by atoms with Gasteiger partial charge in [0, 0.05) is 18.3 Å². The highest BCUT2D eigenvalue weighted by molar-refractivity contribution is 7.84. The number of imidazole rings is 1. The van der Waals surface area contributed by atoms with Gasteiger partial charge in [-0.3, -0.25) is 0 Å². The van der Waals surface area contributed by atoms with Crippen molar-refractivity contribution in [2.24, 2.45) is 0 Å². The van der Waals surface area contributed by atoms with Crippen LogP contribution in [0.2, 0.25) is 0 Å². The van der Waals surface area contributed by atoms with E-state index in [0.29, 0.717) is 28.8 Å². The van der Waals surface area contributed by atoms with Crippen LogP contribution in [0.1, 0.15) is 38.6 Å². The predicted octanol–water partition coefficient (Wildman–Crippen LogP) is 2.58. The Bertz CT molecular complexity index is 1280. The number of nitrogens with zero attached hydrogens (tertiary/aromatic N) is 7. The molecule has 11 heteroatoms. The number of aromatic nitrogens is 7. The van der Waals surface area contributed by atoms with E-state index in [1.165, 1.54) is 4.09 Å². The molecule has 4 heterocycles. The third kappa shape index (κ3) is 3.81. The maximum Gasteiger partial charge on any atom is 0.164 e. The van der Waals surface area contributed by atoms with E-state index in [1.807, 2.05) is 24.5 Å². The fourth-order valence-corrected chi connectivity index (χ4v) is 4.65. The van der Waals surface area contributed by atoms with E-state index in [1.54, 1.807) is 30.9 Å². The molecule has 10 nitrogen and oxygen atoms in total. The zero-order valence-corrected chi connectivity index (χ0v) is 18.0. The van der Waals surface area contributed by atoms with E-state index < -0.39 is 11.0 Å². The summed E-state index contributed by atoms with van der Waals surface area (Å²) in [7, 11) is -1.13. The lowest BCUT2D eigenvalue weighted by Gasteiger charge is -2.12. The second-order valence-corrected chi connectivity index (χ2v) is 9.30. The van der Waals surface area contributed by atoms with E-state index in [4.69, 9.17) is 0 Å². The summed E-state index contributed by atoms with van der Waals surface area (Å²) < 4.78 is 15.8. The molecule has 4 aromatic heterocycles. The van der Waals surface area contributed by atoms with E-state index in [0.717, 1.165) is 23.9 Å². The molecular formula is C20H22N8O2S. The number of hydrogen-bond donors (Lipinski definition) is 2. The third-order valence-corrected chi connectivity index (χ3v) is 6.64. The van der Waals surface area contributed by atoms with Gasteiger partial charge in [0.05, 0.1) is 34.9 Å². The first-order valence-electron chi connectivity index (χ1n) is 10.1. The molecule has 4 aromatic rings. The molecule has 1 aliphatic rings. The lowest BCUT2D eigenvalue weighted by atomic mass is 10.3. The first kappa shape index (κ1) is 19.8. The number of rotatable bonds is 7. The Kier molecular flexibility index (Phi) is 4.98. The first-order chi connectivity index (χ1) is 15.0. The van der Waals surface area contributed by atoms with Gasteiger partial charge in [-0.2, -0.15) is 9.19 Å². The van der Waals surface area contributed by atoms with Crippen molar-refractivity contribution in [1.29, 1.82) is 0 Å². The SMILES string of the molecule is CC(C)n1c(CO)nc2cnc(Nc3ccnc(-c4cnn(S(=O)C5CC5)c4)n3)cc21. The van der Waals surface area contributed by atoms with E-state index in [2.05, 4.69) is 30.4 Å². The first-order valence-corrected chi connectivity index (χ1v) is 11.2. The average Bonchev–Trinajstić information content (AvgIpc) is 3.37. The molecule has 2 N–H and O–H groups in total. The Morgan fingerprint density at radius 2 is 2.06 bits per heavy atom. The molecule has 0 spiro atoms. The Labute approximate surface area is 181 Å². The summed E-state index contributed by atoms with van der Waals surface area (Å²) in [5.41, 5.74) is 2.31. The predicted molar refractivity (Wildman–Crippen MR) is 117 cm³/mol. The number of fused-ring (bicyclic) bond motifs is 1. The summed E-state index contributed by atoms with van der Waals surface area (Å²) in [5.74, 6) is 2.27. The smallest absolute Gasteiger partial charge is 0.164 e. The van der Waals surface area contributed by atoms with E-state index in [-0.39, 0.29) is 17.9 Å². The van der Waals surface area contributed by atoms with Gasteiger partial charge in [0.2, 0.25) is 0 Å². The summed E-state index contributed by atoms with van der Waals surface area (Å²) in [6.07, 6.45) is 8.63. The molecule has 1 atom stereocenters. The fourth-order valence-electron chi connectivity index (χ4n) is 3.44. The Morgan fingerprint density at radius 3 is 2.81 bits per heavy atom. The van der Waals surface area contributed by atoms with Crippen molar-refractivity contribution in [3.63, 3.8) is 0 Å². The summed E-state index contributed by atoms with van der Waals surface area (Å²) in [6.45, 7) is 3.95. The zero-order valence-electron chi connectivity index (χ0n) is 17.1. The molecule has 0 bridgehead atoms. The molecule has 1 unspecified atom stereocenters. The average molecular weight is 439 g/mol. The molecule has 0 amide bonds. The highest BCUT2D eigenvalue weighted by Crippen LogP contribution is 2.28. The number of nitrogens with one attached hydrogen (secondary N) is 1. The van der Waals surface area contributed by atoms with Crippen LogP contribution in [0.5, 0.6) is 0 Å². The van der Waals surface area contributed by atoms with Gasteiger partial charge >= 0.3 is 0 Å². The standard InChI is InChI=1S/C20H22N8O2S/c1-12(2)28-16-7-18(22-9-15(16)24-19(28)11-29)25-17-5-6-21-20(26-17)13-8-23-27(10-13)31(30)14-3-4-14/h5-10,12,14,29H,3-4,11H2,1-2H3,(H,21,22,25,26). The summed E-state index contributed by atoms with van der Waals surface area (Å²) >= 11 is 0. The van der Waals surface area contributed by atoms with Crippen molar-refractivity contribution in [2.45, 2.75) is 44.6 Å². The topological polar surface area (TPSA) is 124 Å². The van der Waals surface area contributed by atoms with Crippen LogP contribution in [-0.4, -0.2) is 48.3 Å². The van der Waals surface area contributed by atoms with Crippen LogP contribution >= 0.6 is 0 Å². The molecule has 1 aliphatic carbocycles. The van der Waals surface area contributed by atoms with Gasteiger partial charge in [0.15, 0.2) is 5.82 Å². The van der Waals surface area contributed by atoms with Gasteiger partial charge < -0.3 is 15.0 Å². The number of aliphatic hydroxyl groups excluding tert-OH is 1. The fraction of sp³-hybridized carbons (Fsp3) is 0.350. The maximum atomic E-state index is 12.3. The van der Waals surface area contributed by atoms with Crippen molar-refractivity contribution in [1.82, 2.24) is 33.7 Å².